The summed E-state index contributed by atoms with van der Waals surface area (Å²) in [6.07, 6.45) is 0. The predicted octanol–water partition coefficient (Wildman–Crippen LogP) is 2.39. The molecule has 0 N–H and O–H groups in total. The summed E-state index contributed by atoms with van der Waals surface area (Å²) < 4.78 is 6.64. The molecule has 0 aliphatic rings. The molecule has 1 aromatic heterocycles. The van der Waals surface area contributed by atoms with Crippen LogP contribution < -0.4 is 10.3 Å². The Labute approximate surface area is 109 Å². The van der Waals surface area contributed by atoms with Gasteiger partial charge in [-0.2, -0.15) is 4.68 Å². The van der Waals surface area contributed by atoms with Gasteiger partial charge in [0.15, 0.2) is 0 Å². The number of benzene rings is 2. The minimum Gasteiger partial charge on any atom is -0.480 e. The molecule has 4 heteroatoms. The molecule has 0 saturated carbocycles. The first-order valence-corrected chi connectivity index (χ1v) is 5.93. The van der Waals surface area contributed by atoms with Crippen molar-refractivity contribution in [3.05, 3.63) is 65.0 Å². The summed E-state index contributed by atoms with van der Waals surface area (Å²) in [7, 11) is 1.55. The van der Waals surface area contributed by atoms with Gasteiger partial charge in [-0.1, -0.05) is 30.3 Å². The molecule has 0 amide bonds. The smallest absolute Gasteiger partial charge is 0.279 e. The van der Waals surface area contributed by atoms with Crippen LogP contribution in [0.1, 0.15) is 0 Å². The molecule has 1 heterocycles. The molecule has 0 aliphatic heterocycles. The number of hydrogen-bond acceptors (Lipinski definition) is 3. The topological polar surface area (TPSA) is 44.1 Å². The SMILES string of the molecule is COc1nn(-c2ccccc2)c(=O)c2ccccc12. The molecule has 3 aromatic rings. The standard InChI is InChI=1S/C15H12N2O2/c1-19-14-12-9-5-6-10-13(12)15(18)17(16-14)11-7-3-2-4-8-11/h2-10H,1H3. The molecule has 0 unspecified atom stereocenters. The van der Waals surface area contributed by atoms with Gasteiger partial charge in [-0.3, -0.25) is 4.79 Å². The maximum absolute atomic E-state index is 12.4. The van der Waals surface area contributed by atoms with Crippen molar-refractivity contribution < 1.29 is 4.74 Å². The monoisotopic (exact) mass is 252 g/mol. The van der Waals surface area contributed by atoms with E-state index in [1.54, 1.807) is 13.2 Å². The fourth-order valence-corrected chi connectivity index (χ4v) is 2.06. The second kappa shape index (κ2) is 4.57. The molecular weight excluding hydrogens is 240 g/mol. The summed E-state index contributed by atoms with van der Waals surface area (Å²) in [4.78, 5) is 12.4. The third kappa shape index (κ3) is 1.87. The van der Waals surface area contributed by atoms with Crippen LogP contribution in [-0.2, 0) is 0 Å². The van der Waals surface area contributed by atoms with Crippen LogP contribution >= 0.6 is 0 Å². The van der Waals surface area contributed by atoms with Gasteiger partial charge in [0.25, 0.3) is 5.56 Å². The summed E-state index contributed by atoms with van der Waals surface area (Å²) in [6, 6.07) is 16.6. The molecule has 94 valence electrons. The Balaban J connectivity index is 2.39. The number of para-hydroxylation sites is 1. The number of nitrogens with zero attached hydrogens (tertiary/aromatic N) is 2. The lowest BCUT2D eigenvalue weighted by atomic mass is 10.2. The second-order valence-electron chi connectivity index (χ2n) is 4.11. The van der Waals surface area contributed by atoms with Crippen LogP contribution in [0.3, 0.4) is 0 Å². The van der Waals surface area contributed by atoms with Crippen molar-refractivity contribution in [2.24, 2.45) is 0 Å². The number of aromatic nitrogens is 2. The quantitative estimate of drug-likeness (QED) is 0.703. The van der Waals surface area contributed by atoms with Crippen LogP contribution in [0, 0.1) is 0 Å². The van der Waals surface area contributed by atoms with Gasteiger partial charge >= 0.3 is 0 Å². The van der Waals surface area contributed by atoms with Crippen molar-refractivity contribution in [3.8, 4) is 11.6 Å². The minimum atomic E-state index is -0.150. The number of rotatable bonds is 2. The van der Waals surface area contributed by atoms with E-state index in [0.29, 0.717) is 11.3 Å². The third-order valence-electron chi connectivity index (χ3n) is 2.97. The highest BCUT2D eigenvalue weighted by Crippen LogP contribution is 2.20. The molecule has 0 atom stereocenters. The predicted molar refractivity (Wildman–Crippen MR) is 73.9 cm³/mol. The normalized spacial score (nSPS) is 10.6. The average molecular weight is 252 g/mol. The molecule has 3 rings (SSSR count). The van der Waals surface area contributed by atoms with Crippen molar-refractivity contribution in [1.29, 1.82) is 0 Å². The van der Waals surface area contributed by atoms with Crippen molar-refractivity contribution in [1.82, 2.24) is 9.78 Å². The first kappa shape index (κ1) is 11.5. The van der Waals surface area contributed by atoms with Gasteiger partial charge in [0, 0.05) is 0 Å². The van der Waals surface area contributed by atoms with Gasteiger partial charge in [0.2, 0.25) is 5.88 Å². The number of hydrogen-bond donors (Lipinski definition) is 0. The van der Waals surface area contributed by atoms with E-state index in [1.165, 1.54) is 4.68 Å². The molecule has 0 spiro atoms. The largest absolute Gasteiger partial charge is 0.480 e. The van der Waals surface area contributed by atoms with Gasteiger partial charge in [0.05, 0.1) is 23.6 Å². The lowest BCUT2D eigenvalue weighted by Gasteiger charge is -2.09. The van der Waals surface area contributed by atoms with Crippen molar-refractivity contribution in [3.63, 3.8) is 0 Å². The molecule has 0 radical (unpaired) electrons. The molecule has 0 fully saturated rings. The van der Waals surface area contributed by atoms with Crippen molar-refractivity contribution in [2.45, 2.75) is 0 Å². The van der Waals surface area contributed by atoms with Gasteiger partial charge in [0.1, 0.15) is 0 Å². The molecule has 19 heavy (non-hydrogen) atoms. The molecular formula is C15H12N2O2. The molecule has 0 saturated heterocycles. The maximum atomic E-state index is 12.4. The number of fused-ring (bicyclic) bond motifs is 1. The second-order valence-corrected chi connectivity index (χ2v) is 4.11. The fourth-order valence-electron chi connectivity index (χ4n) is 2.06. The van der Waals surface area contributed by atoms with E-state index < -0.39 is 0 Å². The van der Waals surface area contributed by atoms with E-state index in [2.05, 4.69) is 5.10 Å². The Hall–Kier alpha value is -2.62. The highest BCUT2D eigenvalue weighted by atomic mass is 16.5. The summed E-state index contributed by atoms with van der Waals surface area (Å²) in [5.74, 6) is 0.444. The Morgan fingerprint density at radius 3 is 2.26 bits per heavy atom. The third-order valence-corrected chi connectivity index (χ3v) is 2.97. The molecule has 2 aromatic carbocycles. The van der Waals surface area contributed by atoms with E-state index in [9.17, 15) is 4.79 Å². The maximum Gasteiger partial charge on any atom is 0.279 e. The van der Waals surface area contributed by atoms with Crippen molar-refractivity contribution in [2.75, 3.05) is 7.11 Å². The average Bonchev–Trinajstić information content (AvgIpc) is 2.49. The van der Waals surface area contributed by atoms with E-state index >= 15 is 0 Å². The van der Waals surface area contributed by atoms with Crippen LogP contribution in [0.5, 0.6) is 5.88 Å². The van der Waals surface area contributed by atoms with Crippen LogP contribution in [-0.4, -0.2) is 16.9 Å². The van der Waals surface area contributed by atoms with Crippen molar-refractivity contribution >= 4 is 10.8 Å². The molecule has 4 nitrogen and oxygen atoms in total. The summed E-state index contributed by atoms with van der Waals surface area (Å²) >= 11 is 0. The zero-order valence-electron chi connectivity index (χ0n) is 10.4. The summed E-state index contributed by atoms with van der Waals surface area (Å²) in [6.45, 7) is 0. The Morgan fingerprint density at radius 2 is 1.58 bits per heavy atom. The van der Waals surface area contributed by atoms with E-state index in [1.807, 2.05) is 48.5 Å². The van der Waals surface area contributed by atoms with Gasteiger partial charge < -0.3 is 4.74 Å². The number of methoxy groups -OCH3 is 1. The Morgan fingerprint density at radius 1 is 0.947 bits per heavy atom. The van der Waals surface area contributed by atoms with Crippen LogP contribution in [0.2, 0.25) is 0 Å². The highest BCUT2D eigenvalue weighted by Gasteiger charge is 2.11. The first-order valence-electron chi connectivity index (χ1n) is 5.93. The zero-order valence-corrected chi connectivity index (χ0v) is 10.4. The summed E-state index contributed by atoms with van der Waals surface area (Å²) in [5.41, 5.74) is 0.569. The van der Waals surface area contributed by atoms with Gasteiger partial charge in [-0.25, -0.2) is 0 Å². The zero-order chi connectivity index (χ0) is 13.2. The lowest BCUT2D eigenvalue weighted by molar-refractivity contribution is 0.392. The van der Waals surface area contributed by atoms with E-state index in [4.69, 9.17) is 4.74 Å². The molecule has 0 bridgehead atoms. The van der Waals surface area contributed by atoms with Crippen LogP contribution in [0.4, 0.5) is 0 Å². The van der Waals surface area contributed by atoms with Gasteiger partial charge in [-0.05, 0) is 24.3 Å². The first-order chi connectivity index (χ1) is 9.31. The molecule has 0 aliphatic carbocycles. The highest BCUT2D eigenvalue weighted by molar-refractivity contribution is 5.86. The fraction of sp³-hybridized carbons (Fsp3) is 0.0667. The minimum absolute atomic E-state index is 0.150. The van der Waals surface area contributed by atoms with Gasteiger partial charge in [-0.15, -0.1) is 5.10 Å². The Kier molecular flexibility index (Phi) is 2.76. The van der Waals surface area contributed by atoms with E-state index in [0.717, 1.165) is 11.1 Å². The Bertz CT molecular complexity index is 779. The van der Waals surface area contributed by atoms with Crippen LogP contribution in [0.25, 0.3) is 16.5 Å². The van der Waals surface area contributed by atoms with E-state index in [-0.39, 0.29) is 5.56 Å². The lowest BCUT2D eigenvalue weighted by Crippen LogP contribution is -2.21. The number of ether oxygens (including phenoxy) is 1. The van der Waals surface area contributed by atoms with Crippen LogP contribution in [0.15, 0.2) is 59.4 Å². The summed E-state index contributed by atoms with van der Waals surface area (Å²) in [5, 5.41) is 5.59.